The summed E-state index contributed by atoms with van der Waals surface area (Å²) in [5, 5.41) is 0.781. The Morgan fingerprint density at radius 2 is 1.30 bits per heavy atom. The van der Waals surface area contributed by atoms with E-state index in [-0.39, 0.29) is 18.6 Å². The molecule has 212 valence electrons. The number of hydrogen-bond donors (Lipinski definition) is 2. The van der Waals surface area contributed by atoms with Crippen LogP contribution in [0.3, 0.4) is 0 Å². The summed E-state index contributed by atoms with van der Waals surface area (Å²) in [5.74, 6) is 1.03. The van der Waals surface area contributed by atoms with E-state index in [2.05, 4.69) is 9.97 Å². The van der Waals surface area contributed by atoms with E-state index < -0.39 is 23.4 Å². The second-order valence-electron chi connectivity index (χ2n) is 9.84. The minimum absolute atomic E-state index is 0.138. The molecule has 2 saturated heterocycles. The summed E-state index contributed by atoms with van der Waals surface area (Å²) < 4.78 is 35.7. The van der Waals surface area contributed by atoms with Crippen LogP contribution in [0.15, 0.2) is 45.6 Å². The van der Waals surface area contributed by atoms with Crippen molar-refractivity contribution in [1.29, 1.82) is 0 Å². The first kappa shape index (κ1) is 27.1. The number of methoxy groups -OCH3 is 2. The van der Waals surface area contributed by atoms with E-state index in [9.17, 15) is 4.79 Å². The Kier molecular flexibility index (Phi) is 7.27. The molecular formula is C27H30N4O7S2. The summed E-state index contributed by atoms with van der Waals surface area (Å²) in [5.41, 5.74) is 11.1. The van der Waals surface area contributed by atoms with E-state index in [1.165, 1.54) is 22.7 Å². The zero-order valence-corrected chi connectivity index (χ0v) is 23.7. The van der Waals surface area contributed by atoms with Gasteiger partial charge >= 0.3 is 0 Å². The van der Waals surface area contributed by atoms with Crippen molar-refractivity contribution in [3.05, 3.63) is 46.5 Å². The number of furan rings is 2. The summed E-state index contributed by atoms with van der Waals surface area (Å²) in [6.45, 7) is 0.626. The highest BCUT2D eigenvalue weighted by atomic mass is 32.1. The molecule has 6 heterocycles. The Bertz CT molecular complexity index is 1360. The van der Waals surface area contributed by atoms with E-state index >= 15 is 0 Å². The molecule has 4 N–H and O–H groups in total. The zero-order chi connectivity index (χ0) is 27.9. The van der Waals surface area contributed by atoms with Crippen molar-refractivity contribution in [2.24, 2.45) is 0 Å². The summed E-state index contributed by atoms with van der Waals surface area (Å²) in [7, 11) is 3.13. The van der Waals surface area contributed by atoms with E-state index in [1.54, 1.807) is 38.9 Å². The topological polar surface area (TPSA) is 158 Å². The Labute approximate surface area is 238 Å². The molecule has 0 bridgehead atoms. The number of nitrogens with two attached hydrogens (primary N) is 2. The number of carbonyl (C=O) groups excluding carboxylic acids is 1. The number of nitrogen functional groups attached to an aromatic ring is 2. The molecule has 4 unspecified atom stereocenters. The smallest absolute Gasteiger partial charge is 0.196 e. The summed E-state index contributed by atoms with van der Waals surface area (Å²) in [6.07, 6.45) is 3.54. The quantitative estimate of drug-likeness (QED) is 0.285. The van der Waals surface area contributed by atoms with Crippen molar-refractivity contribution in [3.8, 4) is 22.9 Å². The SMILES string of the molecule is COC1(C(=O)C2(OC)CCOC(c3sc(N)nc3-c3ccco3)C2)CCOC(c2sc(N)nc2-c2ccco2)C1. The lowest BCUT2D eigenvalue weighted by atomic mass is 9.73. The molecule has 4 aromatic rings. The molecule has 0 aromatic carbocycles. The molecule has 6 rings (SSSR count). The summed E-state index contributed by atoms with van der Waals surface area (Å²) >= 11 is 2.64. The predicted molar refractivity (Wildman–Crippen MR) is 149 cm³/mol. The van der Waals surface area contributed by atoms with E-state index in [1.807, 2.05) is 12.1 Å². The Morgan fingerprint density at radius 1 is 0.850 bits per heavy atom. The van der Waals surface area contributed by atoms with Gasteiger partial charge in [-0.15, -0.1) is 0 Å². The maximum atomic E-state index is 14.6. The van der Waals surface area contributed by atoms with Crippen LogP contribution < -0.4 is 11.5 Å². The van der Waals surface area contributed by atoms with Crippen LogP contribution >= 0.6 is 22.7 Å². The third-order valence-electron chi connectivity index (χ3n) is 7.72. The maximum absolute atomic E-state index is 14.6. The number of Topliss-reactive ketones (excluding diaryl/α,β-unsaturated/α-hetero) is 1. The second-order valence-corrected chi connectivity index (χ2v) is 12.0. The van der Waals surface area contributed by atoms with Crippen molar-refractivity contribution < 1.29 is 32.6 Å². The lowest BCUT2D eigenvalue weighted by Crippen LogP contribution is -2.59. The lowest BCUT2D eigenvalue weighted by molar-refractivity contribution is -0.194. The van der Waals surface area contributed by atoms with Crippen LogP contribution in [0.2, 0.25) is 0 Å². The van der Waals surface area contributed by atoms with Gasteiger partial charge in [-0.2, -0.15) is 0 Å². The molecule has 2 aliphatic rings. The van der Waals surface area contributed by atoms with Gasteiger partial charge in [-0.05, 0) is 24.3 Å². The van der Waals surface area contributed by atoms with Crippen LogP contribution in [-0.2, 0) is 23.7 Å². The van der Waals surface area contributed by atoms with Crippen LogP contribution in [0, 0.1) is 0 Å². The highest BCUT2D eigenvalue weighted by Crippen LogP contribution is 2.49. The van der Waals surface area contributed by atoms with E-state index in [0.717, 1.165) is 9.75 Å². The minimum atomic E-state index is -1.16. The van der Waals surface area contributed by atoms with Crippen molar-refractivity contribution in [1.82, 2.24) is 9.97 Å². The normalized spacial score (nSPS) is 27.1. The molecule has 2 aliphatic heterocycles. The molecule has 2 fully saturated rings. The number of ketones is 1. The fourth-order valence-corrected chi connectivity index (χ4v) is 7.46. The van der Waals surface area contributed by atoms with Crippen LogP contribution in [0.1, 0.15) is 47.6 Å². The predicted octanol–water partition coefficient (Wildman–Crippen LogP) is 5.03. The monoisotopic (exact) mass is 586 g/mol. The molecule has 0 saturated carbocycles. The molecule has 40 heavy (non-hydrogen) atoms. The van der Waals surface area contributed by atoms with Crippen molar-refractivity contribution in [2.75, 3.05) is 38.9 Å². The molecule has 4 atom stereocenters. The molecule has 11 nitrogen and oxygen atoms in total. The first-order valence-electron chi connectivity index (χ1n) is 12.9. The largest absolute Gasteiger partial charge is 0.463 e. The van der Waals surface area contributed by atoms with Crippen molar-refractivity contribution in [3.63, 3.8) is 0 Å². The molecular weight excluding hydrogens is 556 g/mol. The third kappa shape index (κ3) is 4.66. The number of hydrogen-bond acceptors (Lipinski definition) is 13. The molecule has 13 heteroatoms. The number of carbonyl (C=O) groups is 1. The van der Waals surface area contributed by atoms with Gasteiger partial charge in [0, 0.05) is 39.9 Å². The summed E-state index contributed by atoms with van der Waals surface area (Å²) in [4.78, 5) is 25.1. The van der Waals surface area contributed by atoms with Gasteiger partial charge in [0.2, 0.25) is 0 Å². The third-order valence-corrected chi connectivity index (χ3v) is 9.68. The van der Waals surface area contributed by atoms with Gasteiger partial charge in [0.05, 0.1) is 47.7 Å². The minimum Gasteiger partial charge on any atom is -0.463 e. The van der Waals surface area contributed by atoms with Crippen LogP contribution in [0.4, 0.5) is 10.3 Å². The van der Waals surface area contributed by atoms with Crippen LogP contribution in [0.25, 0.3) is 22.9 Å². The lowest BCUT2D eigenvalue weighted by Gasteiger charge is -2.46. The van der Waals surface area contributed by atoms with Gasteiger partial charge in [-0.25, -0.2) is 9.97 Å². The fraction of sp³-hybridized carbons (Fsp3) is 0.444. The molecule has 0 radical (unpaired) electrons. The highest BCUT2D eigenvalue weighted by Gasteiger charge is 2.56. The molecule has 0 spiro atoms. The van der Waals surface area contributed by atoms with Gasteiger partial charge in [-0.1, -0.05) is 22.7 Å². The van der Waals surface area contributed by atoms with Crippen molar-refractivity contribution in [2.45, 2.75) is 49.1 Å². The average Bonchev–Trinajstić information content (AvgIpc) is 3.79. The molecule has 0 aliphatic carbocycles. The summed E-state index contributed by atoms with van der Waals surface area (Å²) in [6, 6.07) is 7.22. The number of ether oxygens (including phenoxy) is 4. The van der Waals surface area contributed by atoms with Crippen molar-refractivity contribution >= 4 is 38.7 Å². The number of anilines is 2. The molecule has 4 aromatic heterocycles. The fourth-order valence-electron chi connectivity index (χ4n) is 5.69. The number of rotatable bonds is 8. The van der Waals surface area contributed by atoms with Gasteiger partial charge < -0.3 is 39.2 Å². The standard InChI is InChI=1S/C27H30N4O7S2/c1-33-26(7-11-37-17(13-26)21-19(30-24(28)39-21)15-5-3-9-35-15)23(32)27(34-2)8-12-38-18(14-27)22-20(31-25(29)40-22)16-6-4-10-36-16/h3-6,9-10,17-18H,7-8,11-14H2,1-2H3,(H2,28,30)(H2,29,31). The Hall–Kier alpha value is -3.07. The zero-order valence-electron chi connectivity index (χ0n) is 22.1. The highest BCUT2D eigenvalue weighted by molar-refractivity contribution is 7.16. The van der Waals surface area contributed by atoms with Crippen LogP contribution in [-0.4, -0.2) is 54.4 Å². The van der Waals surface area contributed by atoms with Crippen LogP contribution in [0.5, 0.6) is 0 Å². The Morgan fingerprint density at radius 3 is 1.68 bits per heavy atom. The second kappa shape index (κ2) is 10.7. The Balaban J connectivity index is 1.31. The van der Waals surface area contributed by atoms with Gasteiger partial charge in [0.25, 0.3) is 0 Å². The van der Waals surface area contributed by atoms with E-state index in [0.29, 0.717) is 59.2 Å². The van der Waals surface area contributed by atoms with Gasteiger partial charge in [0.15, 0.2) is 27.6 Å². The molecule has 0 amide bonds. The van der Waals surface area contributed by atoms with E-state index in [4.69, 9.17) is 39.2 Å². The average molecular weight is 587 g/mol. The number of aromatic nitrogens is 2. The maximum Gasteiger partial charge on any atom is 0.196 e. The van der Waals surface area contributed by atoms with Gasteiger partial charge in [-0.3, -0.25) is 4.79 Å². The first-order valence-corrected chi connectivity index (χ1v) is 14.5. The van der Waals surface area contributed by atoms with Gasteiger partial charge in [0.1, 0.15) is 22.6 Å². The number of thiazole rings is 2. The number of nitrogens with zero attached hydrogens (tertiary/aromatic N) is 2. The first-order chi connectivity index (χ1) is 19.4.